The zero-order chi connectivity index (χ0) is 55.0. The Morgan fingerprint density at radius 3 is 2.04 bits per heavy atom. The molecule has 6 fully saturated rings. The fourth-order valence-corrected chi connectivity index (χ4v) is 14.6. The number of fused-ring (bicyclic) bond motifs is 7. The Labute approximate surface area is 476 Å². The summed E-state index contributed by atoms with van der Waals surface area (Å²) in [6.07, 6.45) is -4.44. The van der Waals surface area contributed by atoms with E-state index >= 15 is 0 Å². The monoisotopic (exact) mass is 1240 g/mol. The van der Waals surface area contributed by atoms with Gasteiger partial charge >= 0.3 is 5.97 Å². The zero-order valence-electron chi connectivity index (χ0n) is 43.9. The number of rotatable bonds is 12. The number of aliphatic hydroxyl groups is 9. The highest BCUT2D eigenvalue weighted by atomic mass is 79.9. The Morgan fingerprint density at radius 2 is 1.49 bits per heavy atom. The van der Waals surface area contributed by atoms with Crippen LogP contribution in [-0.4, -0.2) is 241 Å². The maximum atomic E-state index is 13.1. The number of quaternary nitrogens is 1. The Hall–Kier alpha value is -2.27. The van der Waals surface area contributed by atoms with Gasteiger partial charge in [-0.05, 0) is 83.8 Å². The van der Waals surface area contributed by atoms with Gasteiger partial charge in [0.25, 0.3) is 10.1 Å². The number of carbonyl (C=O) groups is 1. The number of epoxide rings is 1. The predicted octanol–water partition coefficient (Wildman–Crippen LogP) is -3.10. The summed E-state index contributed by atoms with van der Waals surface area (Å²) in [5.41, 5.74) is 2.76. The van der Waals surface area contributed by atoms with E-state index in [4.69, 9.17) is 33.3 Å². The van der Waals surface area contributed by atoms with Crippen LogP contribution in [0.15, 0.2) is 59.4 Å². The lowest BCUT2D eigenvalue weighted by Crippen LogP contribution is -3.00. The van der Waals surface area contributed by atoms with Gasteiger partial charge in [-0.15, -0.1) is 22.7 Å². The van der Waals surface area contributed by atoms with E-state index < -0.39 is 96.3 Å². The minimum absolute atomic E-state index is 0. The van der Waals surface area contributed by atoms with Gasteiger partial charge in [0.15, 0.2) is 12.6 Å². The number of benzene rings is 1. The summed E-state index contributed by atoms with van der Waals surface area (Å²) >= 11 is 4.76. The highest BCUT2D eigenvalue weighted by Gasteiger charge is 2.71. The van der Waals surface area contributed by atoms with Crippen molar-refractivity contribution in [2.45, 2.75) is 148 Å². The molecule has 1 aliphatic carbocycles. The molecule has 11 rings (SSSR count). The molecule has 2 bridgehead atoms. The molecule has 6 aliphatic heterocycles. The average molecular weight is 1240 g/mol. The quantitative estimate of drug-likeness (QED) is 0.0290. The second-order valence-corrected chi connectivity index (χ2v) is 25.5. The fraction of sp³-hybridized carbons (Fsp3) is 0.667. The van der Waals surface area contributed by atoms with Crippen molar-refractivity contribution in [1.82, 2.24) is 9.88 Å². The molecule has 13 N–H and O–H groups in total. The minimum Gasteiger partial charge on any atom is -1.00 e. The molecule has 9 heterocycles. The number of aromatic nitrogens is 1. The van der Waals surface area contributed by atoms with Crippen LogP contribution in [0.5, 0.6) is 0 Å². The summed E-state index contributed by atoms with van der Waals surface area (Å²) in [4.78, 5) is 20.6. The molecule has 6 saturated heterocycles. The van der Waals surface area contributed by atoms with Crippen molar-refractivity contribution in [3.63, 3.8) is 0 Å². The molecule has 0 unspecified atom stereocenters. The van der Waals surface area contributed by atoms with E-state index in [0.29, 0.717) is 46.3 Å². The topological polar surface area (TPSA) is 353 Å². The molecule has 440 valence electrons. The van der Waals surface area contributed by atoms with Crippen molar-refractivity contribution in [3.05, 3.63) is 80.3 Å². The van der Waals surface area contributed by atoms with Gasteiger partial charge in [-0.25, -0.2) is 4.79 Å². The SMILES string of the molecule is CCCN1C[C@H](CSC)C[C@@H]2c3cccc4[nH]cc(c34)C[C@H]21.CS(=O)(=O)O.C[N+]1(C)[C@@H]2C[C@@H](OC(=O)C(O)(c3cccs3)c3cccs3)C[C@H]1[C@@H]1O[C@@H]12.O.OC[C@H]1O[C@@H](O[C@H]2[C@H](O)[C@@H](O)[C@H](O)O[C@@H]2CO)[C@H](O)[C@@H](O)[C@H]1O.[Br-]. The normalized spacial score (nSPS) is 35.3. The Bertz CT molecular complexity index is 2570. The maximum Gasteiger partial charge on any atom is 0.349 e. The number of H-pyrrole nitrogens is 1. The molecule has 3 aromatic heterocycles. The van der Waals surface area contributed by atoms with Crippen molar-refractivity contribution in [1.29, 1.82) is 0 Å². The summed E-state index contributed by atoms with van der Waals surface area (Å²) in [6.45, 7) is 3.52. The number of aliphatic hydroxyl groups excluding tert-OH is 8. The summed E-state index contributed by atoms with van der Waals surface area (Å²) in [6, 6.07) is 15.6. The van der Waals surface area contributed by atoms with Crippen LogP contribution in [0.3, 0.4) is 0 Å². The van der Waals surface area contributed by atoms with Gasteiger partial charge in [0.05, 0.1) is 43.3 Å². The van der Waals surface area contributed by atoms with E-state index in [1.54, 1.807) is 17.7 Å². The molecule has 18 atom stereocenters. The van der Waals surface area contributed by atoms with E-state index in [2.05, 4.69) is 61.6 Å². The molecular formula is C51H76BrN3O19S4. The van der Waals surface area contributed by atoms with Crippen molar-refractivity contribution < 1.29 is 114 Å². The van der Waals surface area contributed by atoms with Gasteiger partial charge in [-0.2, -0.15) is 20.2 Å². The summed E-state index contributed by atoms with van der Waals surface area (Å²) in [7, 11) is 0.826. The van der Waals surface area contributed by atoms with Crippen LogP contribution in [0.1, 0.15) is 59.4 Å². The number of thiophene rings is 2. The molecule has 22 nitrogen and oxygen atoms in total. The molecule has 0 radical (unpaired) electrons. The first-order valence-electron chi connectivity index (χ1n) is 25.6. The van der Waals surface area contributed by atoms with Crippen LogP contribution < -0.4 is 17.0 Å². The van der Waals surface area contributed by atoms with Gasteiger partial charge in [-0.1, -0.05) is 31.2 Å². The van der Waals surface area contributed by atoms with E-state index in [1.807, 2.05) is 34.7 Å². The largest absolute Gasteiger partial charge is 1.00 e. The van der Waals surface area contributed by atoms with Gasteiger partial charge in [0, 0.05) is 48.4 Å². The van der Waals surface area contributed by atoms with Gasteiger partial charge in [-0.3, -0.25) is 9.45 Å². The molecular weight excluding hydrogens is 1170 g/mol. The third kappa shape index (κ3) is 13.7. The fourth-order valence-electron chi connectivity index (χ4n) is 12.2. The van der Waals surface area contributed by atoms with Gasteiger partial charge in [0.1, 0.15) is 79.2 Å². The summed E-state index contributed by atoms with van der Waals surface area (Å²) in [5.74, 6) is 2.32. The number of morpholine rings is 1. The molecule has 4 aromatic rings. The first-order chi connectivity index (χ1) is 36.0. The Balaban J connectivity index is 0.000000180. The second kappa shape index (κ2) is 27.0. The number of halogens is 1. The number of piperidine rings is 2. The summed E-state index contributed by atoms with van der Waals surface area (Å²) in [5, 5.41) is 93.1. The molecule has 7 aliphatic rings. The minimum atomic E-state index is -3.67. The van der Waals surface area contributed by atoms with Crippen LogP contribution in [0.4, 0.5) is 0 Å². The van der Waals surface area contributed by atoms with E-state index in [0.717, 1.165) is 29.2 Å². The van der Waals surface area contributed by atoms with Crippen molar-refractivity contribution in [2.24, 2.45) is 5.92 Å². The standard InChI is InChI=1S/C19H26N2S.C19H22NO4S2.C12H22O11.CH4O3S.BrH.H2O/c1-3-7-21-11-13(12-22-2)8-16-15-5-4-6-17-19(15)14(10-20-17)9-18(16)21;1-20(2)12-9-11(10-13(20)17-16(12)24-17)23-18(21)19(22,14-5-3-7-25-14)15-6-4-8-26-15;13-1-3-5(15)6(16)9(19)12(22-3)23-10-4(2-14)21-11(20)8(18)7(10)17;1-5(2,3)4;;/h4-6,10,13,16,18,20H,3,7-9,11-12H2,1-2H3;3-8,11-13,16-17,22H,9-10H2,1-2H3;3-20H,1-2H2;1H3,(H,2,3,4);1H;1H2/q;+1;;;;/p-1/t13-,16-,18-;11-,12-,13+,16-,17+;3-,4-,5+,6+,7-,8-,9-,10-,11-,12+;;;/m1.1.../s1. The number of ether oxygens (including phenoxy) is 5. The van der Waals surface area contributed by atoms with Crippen molar-refractivity contribution in [3.8, 4) is 0 Å². The highest BCUT2D eigenvalue weighted by Crippen LogP contribution is 2.52. The predicted molar refractivity (Wildman–Crippen MR) is 286 cm³/mol. The smallest absolute Gasteiger partial charge is 0.349 e. The number of thioether (sulfide) groups is 1. The first-order valence-corrected chi connectivity index (χ1v) is 30.6. The third-order valence-electron chi connectivity index (χ3n) is 15.9. The number of likely N-dealkylation sites (N-methyl/N-ethyl adjacent to an activating group) is 1. The number of aromatic amines is 1. The lowest BCUT2D eigenvalue weighted by Gasteiger charge is -2.47. The maximum absolute atomic E-state index is 13.1. The first kappa shape index (κ1) is 64.9. The molecule has 0 amide bonds. The Kier molecular flexibility index (Phi) is 22.4. The highest BCUT2D eigenvalue weighted by molar-refractivity contribution is 7.98. The second-order valence-electron chi connectivity index (χ2n) is 21.3. The van der Waals surface area contributed by atoms with E-state index in [1.165, 1.54) is 77.2 Å². The van der Waals surface area contributed by atoms with Crippen LogP contribution in [0.25, 0.3) is 10.9 Å². The number of nitrogens with one attached hydrogen (secondary N) is 1. The number of hydrogen-bond donors (Lipinski definition) is 11. The number of nitrogens with zero attached hydrogens (tertiary/aromatic N) is 2. The zero-order valence-corrected chi connectivity index (χ0v) is 48.7. The number of esters is 1. The third-order valence-corrected chi connectivity index (χ3v) is 18.7. The van der Waals surface area contributed by atoms with Crippen molar-refractivity contribution in [2.75, 3.05) is 58.7 Å². The van der Waals surface area contributed by atoms with Crippen LogP contribution >= 0.6 is 34.4 Å². The van der Waals surface area contributed by atoms with Crippen LogP contribution in [-0.2, 0) is 50.6 Å². The molecule has 0 saturated carbocycles. The molecule has 1 aromatic carbocycles. The summed E-state index contributed by atoms with van der Waals surface area (Å²) < 4.78 is 53.8. The van der Waals surface area contributed by atoms with E-state index in [-0.39, 0.29) is 28.6 Å². The Morgan fingerprint density at radius 1 is 0.872 bits per heavy atom. The van der Waals surface area contributed by atoms with Gasteiger partial charge < -0.3 is 102 Å². The van der Waals surface area contributed by atoms with Crippen LogP contribution in [0.2, 0.25) is 0 Å². The number of hydrogen-bond acceptors (Lipinski definition) is 21. The molecule has 27 heteroatoms. The number of likely N-dealkylation sites (tertiary alicyclic amines) is 1. The molecule has 78 heavy (non-hydrogen) atoms. The lowest BCUT2D eigenvalue weighted by atomic mass is 9.72. The van der Waals surface area contributed by atoms with Crippen LogP contribution in [0, 0.1) is 5.92 Å². The van der Waals surface area contributed by atoms with Crippen molar-refractivity contribution >= 4 is 61.4 Å². The number of carbonyl (C=O) groups excluding carboxylic acids is 1. The lowest BCUT2D eigenvalue weighted by molar-refractivity contribution is -0.938. The van der Waals surface area contributed by atoms with E-state index in [9.17, 15) is 54.1 Å². The van der Waals surface area contributed by atoms with Gasteiger partial charge in [0.2, 0.25) is 5.60 Å². The molecule has 0 spiro atoms. The average Bonchev–Trinajstić information content (AvgIpc) is 3.80.